The van der Waals surface area contributed by atoms with Gasteiger partial charge in [0, 0.05) is 17.6 Å². The molecule has 0 saturated heterocycles. The van der Waals surface area contributed by atoms with Crippen LogP contribution >= 0.6 is 0 Å². The highest BCUT2D eigenvalue weighted by atomic mass is 32.2. The number of sulfonamides is 1. The summed E-state index contributed by atoms with van der Waals surface area (Å²) in [5.74, 6) is -4.37. The molecule has 0 spiro atoms. The molecule has 0 bridgehead atoms. The van der Waals surface area contributed by atoms with E-state index in [-0.39, 0.29) is 10.4 Å². The van der Waals surface area contributed by atoms with Crippen LogP contribution in [0.2, 0.25) is 0 Å². The van der Waals surface area contributed by atoms with E-state index < -0.39 is 38.9 Å². The Morgan fingerprint density at radius 3 is 2.54 bits per heavy atom. The summed E-state index contributed by atoms with van der Waals surface area (Å²) in [6.45, 7) is 1.80. The van der Waals surface area contributed by atoms with Gasteiger partial charge in [-0.2, -0.15) is 0 Å². The summed E-state index contributed by atoms with van der Waals surface area (Å²) in [7, 11) is -4.30. The van der Waals surface area contributed by atoms with E-state index in [9.17, 15) is 22.0 Å². The fourth-order valence-electron chi connectivity index (χ4n) is 2.47. The molecule has 3 aromatic rings. The van der Waals surface area contributed by atoms with E-state index in [1.54, 1.807) is 19.1 Å². The summed E-state index contributed by atoms with van der Waals surface area (Å²) < 4.78 is 54.2. The Kier molecular flexibility index (Phi) is 4.33. The van der Waals surface area contributed by atoms with Gasteiger partial charge in [0.05, 0.1) is 16.8 Å². The lowest BCUT2D eigenvalue weighted by molar-refractivity contribution is 0.0697. The molecule has 26 heavy (non-hydrogen) atoms. The molecule has 9 heteroatoms. The average molecular weight is 378 g/mol. The van der Waals surface area contributed by atoms with Crippen molar-refractivity contribution in [3.8, 4) is 0 Å². The minimum atomic E-state index is -4.30. The first kappa shape index (κ1) is 17.7. The number of pyridine rings is 1. The van der Waals surface area contributed by atoms with Crippen LogP contribution in [0.15, 0.2) is 47.5 Å². The first-order valence-electron chi connectivity index (χ1n) is 7.29. The smallest absolute Gasteiger partial charge is 0.337 e. The van der Waals surface area contributed by atoms with Gasteiger partial charge in [0.15, 0.2) is 11.6 Å². The molecule has 6 nitrogen and oxygen atoms in total. The lowest BCUT2D eigenvalue weighted by Crippen LogP contribution is -2.17. The van der Waals surface area contributed by atoms with Crippen molar-refractivity contribution in [2.24, 2.45) is 0 Å². The van der Waals surface area contributed by atoms with Gasteiger partial charge in [-0.05, 0) is 30.7 Å². The topological polar surface area (TPSA) is 96.4 Å². The number of aromatic carboxylic acids is 1. The van der Waals surface area contributed by atoms with Gasteiger partial charge < -0.3 is 5.11 Å². The van der Waals surface area contributed by atoms with E-state index in [0.29, 0.717) is 17.5 Å². The Morgan fingerprint density at radius 1 is 1.15 bits per heavy atom. The van der Waals surface area contributed by atoms with E-state index in [0.717, 1.165) is 5.56 Å². The maximum Gasteiger partial charge on any atom is 0.337 e. The van der Waals surface area contributed by atoms with Crippen LogP contribution in [-0.2, 0) is 10.0 Å². The van der Waals surface area contributed by atoms with Gasteiger partial charge in [0.25, 0.3) is 10.0 Å². The molecule has 1 aromatic heterocycles. The first-order valence-corrected chi connectivity index (χ1v) is 8.78. The number of fused-ring (bicyclic) bond motifs is 1. The number of benzene rings is 2. The SMILES string of the molecule is Cc1cnc2c(S(=O)(=O)Nc3cc(F)c(F)cc3C(=O)O)cccc2c1. The van der Waals surface area contributed by atoms with Crippen molar-refractivity contribution >= 4 is 32.6 Å². The number of aryl methyl sites for hydroxylation is 1. The lowest BCUT2D eigenvalue weighted by Gasteiger charge is -2.12. The zero-order valence-corrected chi connectivity index (χ0v) is 14.1. The highest BCUT2D eigenvalue weighted by Gasteiger charge is 2.23. The zero-order chi connectivity index (χ0) is 19.1. The van der Waals surface area contributed by atoms with Crippen molar-refractivity contribution in [3.05, 3.63) is 65.4 Å². The summed E-state index contributed by atoms with van der Waals surface area (Å²) >= 11 is 0. The van der Waals surface area contributed by atoms with Crippen molar-refractivity contribution in [1.29, 1.82) is 0 Å². The number of para-hydroxylation sites is 1. The summed E-state index contributed by atoms with van der Waals surface area (Å²) in [5, 5.41) is 9.68. The molecular weight excluding hydrogens is 366 g/mol. The molecule has 0 unspecified atom stereocenters. The fraction of sp³-hybridized carbons (Fsp3) is 0.0588. The maximum atomic E-state index is 13.5. The number of aromatic nitrogens is 1. The van der Waals surface area contributed by atoms with Crippen LogP contribution in [0.3, 0.4) is 0 Å². The quantitative estimate of drug-likeness (QED) is 0.726. The van der Waals surface area contributed by atoms with Gasteiger partial charge in [-0.3, -0.25) is 9.71 Å². The van der Waals surface area contributed by atoms with E-state index in [4.69, 9.17) is 5.11 Å². The number of anilines is 1. The summed E-state index contributed by atoms with van der Waals surface area (Å²) in [4.78, 5) is 15.1. The van der Waals surface area contributed by atoms with Gasteiger partial charge in [-0.25, -0.2) is 22.0 Å². The van der Waals surface area contributed by atoms with Gasteiger partial charge in [-0.1, -0.05) is 12.1 Å². The average Bonchev–Trinajstić information content (AvgIpc) is 2.56. The maximum absolute atomic E-state index is 13.5. The van der Waals surface area contributed by atoms with Crippen molar-refractivity contribution in [2.75, 3.05) is 4.72 Å². The van der Waals surface area contributed by atoms with Crippen LogP contribution in [0.1, 0.15) is 15.9 Å². The highest BCUT2D eigenvalue weighted by Crippen LogP contribution is 2.27. The Morgan fingerprint density at radius 2 is 1.85 bits per heavy atom. The van der Waals surface area contributed by atoms with E-state index in [1.165, 1.54) is 18.3 Å². The largest absolute Gasteiger partial charge is 0.478 e. The highest BCUT2D eigenvalue weighted by molar-refractivity contribution is 7.93. The summed E-state index contributed by atoms with van der Waals surface area (Å²) in [6.07, 6.45) is 1.49. The molecule has 0 aliphatic carbocycles. The molecule has 2 aromatic carbocycles. The van der Waals surface area contributed by atoms with Crippen LogP contribution in [0.25, 0.3) is 10.9 Å². The number of carboxylic acids is 1. The van der Waals surface area contributed by atoms with Gasteiger partial charge in [0.2, 0.25) is 0 Å². The first-order chi connectivity index (χ1) is 12.2. The van der Waals surface area contributed by atoms with E-state index in [2.05, 4.69) is 4.98 Å². The molecule has 2 N–H and O–H groups in total. The van der Waals surface area contributed by atoms with Crippen molar-refractivity contribution in [1.82, 2.24) is 4.98 Å². The minimum Gasteiger partial charge on any atom is -0.478 e. The number of rotatable bonds is 4. The second-order valence-corrected chi connectivity index (χ2v) is 7.21. The molecule has 134 valence electrons. The minimum absolute atomic E-state index is 0.171. The molecule has 1 heterocycles. The molecule has 0 amide bonds. The third-order valence-electron chi connectivity index (χ3n) is 3.64. The molecular formula is C17H12F2N2O4S. The van der Waals surface area contributed by atoms with Crippen LogP contribution in [0, 0.1) is 18.6 Å². The number of carboxylic acid groups (broad SMARTS) is 1. The van der Waals surface area contributed by atoms with Crippen LogP contribution in [-0.4, -0.2) is 24.5 Å². The number of nitrogens with zero attached hydrogens (tertiary/aromatic N) is 1. The predicted octanol–water partition coefficient (Wildman–Crippen LogP) is 3.32. The van der Waals surface area contributed by atoms with Crippen LogP contribution in [0.5, 0.6) is 0 Å². The van der Waals surface area contributed by atoms with E-state index in [1.807, 2.05) is 4.72 Å². The van der Waals surface area contributed by atoms with Gasteiger partial charge in [-0.15, -0.1) is 0 Å². The second kappa shape index (κ2) is 6.34. The predicted molar refractivity (Wildman–Crippen MR) is 90.6 cm³/mol. The van der Waals surface area contributed by atoms with Crippen LogP contribution in [0.4, 0.5) is 14.5 Å². The van der Waals surface area contributed by atoms with Crippen LogP contribution < -0.4 is 4.72 Å². The van der Waals surface area contributed by atoms with Crippen molar-refractivity contribution in [3.63, 3.8) is 0 Å². The Balaban J connectivity index is 2.14. The summed E-state index contributed by atoms with van der Waals surface area (Å²) in [5.41, 5.74) is -0.295. The van der Waals surface area contributed by atoms with Gasteiger partial charge >= 0.3 is 5.97 Å². The van der Waals surface area contributed by atoms with E-state index >= 15 is 0 Å². The number of hydrogen-bond acceptors (Lipinski definition) is 4. The number of halogens is 2. The zero-order valence-electron chi connectivity index (χ0n) is 13.3. The molecule has 0 aliphatic rings. The standard InChI is InChI=1S/C17H12F2N2O4S/c1-9-5-10-3-2-4-15(16(10)20-8-9)26(24,25)21-14-7-13(19)12(18)6-11(14)17(22)23/h2-8,21H,1H3,(H,22,23). The fourth-order valence-corrected chi connectivity index (χ4v) is 3.72. The number of carbonyl (C=O) groups is 1. The normalized spacial score (nSPS) is 11.5. The van der Waals surface area contributed by atoms with Crippen molar-refractivity contribution < 1.29 is 27.1 Å². The number of nitrogens with one attached hydrogen (secondary N) is 1. The lowest BCUT2D eigenvalue weighted by atomic mass is 10.2. The molecule has 3 rings (SSSR count). The monoisotopic (exact) mass is 378 g/mol. The molecule has 0 atom stereocenters. The third-order valence-corrected chi connectivity index (χ3v) is 5.03. The molecule has 0 radical (unpaired) electrons. The number of hydrogen-bond donors (Lipinski definition) is 2. The molecule has 0 fully saturated rings. The van der Waals surface area contributed by atoms with Gasteiger partial charge in [0.1, 0.15) is 4.90 Å². The third kappa shape index (κ3) is 3.21. The second-order valence-electron chi connectivity index (χ2n) is 5.56. The Hall–Kier alpha value is -3.07. The van der Waals surface area contributed by atoms with Crippen molar-refractivity contribution in [2.45, 2.75) is 11.8 Å². The Bertz CT molecular complexity index is 1150. The molecule has 0 saturated carbocycles. The molecule has 0 aliphatic heterocycles. The summed E-state index contributed by atoms with van der Waals surface area (Å²) in [6, 6.07) is 7.10. The Labute approximate surface area is 147 Å².